The van der Waals surface area contributed by atoms with Crippen molar-refractivity contribution >= 4 is 14.9 Å². The minimum atomic E-state index is -2.71. The summed E-state index contributed by atoms with van der Waals surface area (Å²) < 4.78 is 27.7. The van der Waals surface area contributed by atoms with Gasteiger partial charge in [-0.2, -0.15) is 4.89 Å². The van der Waals surface area contributed by atoms with Gasteiger partial charge >= 0.3 is 14.9 Å². The Hall–Kier alpha value is -0.753. The first-order valence-electron chi connectivity index (χ1n) is 9.60. The molecule has 0 bridgehead atoms. The minimum Gasteiger partial charge on any atom is -0.374 e. The molecule has 0 saturated heterocycles. The lowest BCUT2D eigenvalue weighted by molar-refractivity contribution is -0.360. The highest BCUT2D eigenvalue weighted by Gasteiger charge is 2.39. The Kier molecular flexibility index (Phi) is 14.8. The largest absolute Gasteiger partial charge is 0.500 e. The van der Waals surface area contributed by atoms with Gasteiger partial charge in [-0.3, -0.25) is 4.89 Å². The second-order valence-electron chi connectivity index (χ2n) is 5.62. The van der Waals surface area contributed by atoms with Crippen molar-refractivity contribution in [3.05, 3.63) is 0 Å². The van der Waals surface area contributed by atoms with Gasteiger partial charge in [-0.15, -0.1) is 0 Å². The predicted molar refractivity (Wildman–Crippen MR) is 102 cm³/mol. The van der Waals surface area contributed by atoms with Crippen LogP contribution in [0.1, 0.15) is 48.0 Å². The average molecular weight is 412 g/mol. The maximum absolute atomic E-state index is 12.2. The summed E-state index contributed by atoms with van der Waals surface area (Å²) >= 11 is 0. The van der Waals surface area contributed by atoms with Crippen molar-refractivity contribution in [2.45, 2.75) is 66.6 Å². The van der Waals surface area contributed by atoms with Gasteiger partial charge in [-0.1, -0.05) is 0 Å². The molecule has 162 valence electrons. The first-order valence-corrected chi connectivity index (χ1v) is 11.5. The smallest absolute Gasteiger partial charge is 0.374 e. The van der Waals surface area contributed by atoms with Crippen LogP contribution < -0.4 is 0 Å². The molecular formula is C17H37NO8Si. The van der Waals surface area contributed by atoms with E-state index in [0.717, 1.165) is 0 Å². The van der Waals surface area contributed by atoms with E-state index in [1.54, 1.807) is 13.8 Å². The molecule has 0 radical (unpaired) electrons. The summed E-state index contributed by atoms with van der Waals surface area (Å²) in [7, 11) is -1.20. The molecule has 0 heterocycles. The van der Waals surface area contributed by atoms with Gasteiger partial charge in [0, 0.05) is 46.1 Å². The summed E-state index contributed by atoms with van der Waals surface area (Å²) in [6.45, 7) is 13.5. The van der Waals surface area contributed by atoms with E-state index in [1.165, 1.54) is 12.0 Å². The first-order chi connectivity index (χ1) is 12.9. The van der Waals surface area contributed by atoms with E-state index in [4.69, 9.17) is 32.5 Å². The molecule has 0 fully saturated rings. The van der Waals surface area contributed by atoms with Gasteiger partial charge in [-0.25, -0.2) is 4.79 Å². The number of carbonyl (C=O) groups excluding carboxylic acids is 1. The number of nitrogens with zero attached hydrogens (tertiary/aromatic N) is 1. The lowest BCUT2D eigenvalue weighted by Gasteiger charge is -2.29. The fourth-order valence-electron chi connectivity index (χ4n) is 2.38. The lowest BCUT2D eigenvalue weighted by Crippen LogP contribution is -2.46. The summed E-state index contributed by atoms with van der Waals surface area (Å²) in [5.74, 6) is 0. The highest BCUT2D eigenvalue weighted by atomic mass is 28.4. The van der Waals surface area contributed by atoms with Crippen molar-refractivity contribution in [2.75, 3.05) is 40.0 Å². The van der Waals surface area contributed by atoms with Crippen molar-refractivity contribution in [3.63, 3.8) is 0 Å². The van der Waals surface area contributed by atoms with Crippen LogP contribution in [0, 0.1) is 0 Å². The Morgan fingerprint density at radius 2 is 1.52 bits per heavy atom. The summed E-state index contributed by atoms with van der Waals surface area (Å²) in [6.07, 6.45) is -1.11. The van der Waals surface area contributed by atoms with Crippen LogP contribution in [0.25, 0.3) is 0 Å². The van der Waals surface area contributed by atoms with Gasteiger partial charge in [0.15, 0.2) is 6.29 Å². The highest BCUT2D eigenvalue weighted by molar-refractivity contribution is 6.60. The van der Waals surface area contributed by atoms with Crippen molar-refractivity contribution < 1.29 is 37.3 Å². The quantitative estimate of drug-likeness (QED) is 0.166. The van der Waals surface area contributed by atoms with Crippen LogP contribution in [-0.2, 0) is 32.5 Å². The number of ether oxygens (including phenoxy) is 2. The van der Waals surface area contributed by atoms with E-state index in [2.05, 4.69) is 0 Å². The fraction of sp³-hybridized carbons (Fsp3) is 0.941. The molecule has 9 nitrogen and oxygen atoms in total. The van der Waals surface area contributed by atoms with Crippen LogP contribution in [0.3, 0.4) is 0 Å². The molecule has 0 aliphatic heterocycles. The molecular weight excluding hydrogens is 374 g/mol. The molecule has 27 heavy (non-hydrogen) atoms. The van der Waals surface area contributed by atoms with Crippen molar-refractivity contribution in [2.24, 2.45) is 0 Å². The summed E-state index contributed by atoms with van der Waals surface area (Å²) in [4.78, 5) is 23.5. The number of amides is 1. The third-order valence-electron chi connectivity index (χ3n) is 3.61. The van der Waals surface area contributed by atoms with E-state index in [9.17, 15) is 4.79 Å². The Labute approximate surface area is 164 Å². The second kappa shape index (κ2) is 15.2. The molecule has 0 aromatic heterocycles. The Balaban J connectivity index is 4.49. The maximum atomic E-state index is 12.2. The SMILES string of the molecule is CCO[Si](CCCN(CC)C(=O)OOC(C)OC(C)OC)(OCC)OCC. The molecule has 10 heteroatoms. The molecule has 2 atom stereocenters. The molecule has 1 amide bonds. The van der Waals surface area contributed by atoms with Gasteiger partial charge in [0.1, 0.15) is 0 Å². The molecule has 2 unspecified atom stereocenters. The third-order valence-corrected chi connectivity index (χ3v) is 6.77. The molecule has 0 saturated carbocycles. The summed E-state index contributed by atoms with van der Waals surface area (Å²) in [6, 6.07) is 0.623. The number of methoxy groups -OCH3 is 1. The minimum absolute atomic E-state index is 0.463. The van der Waals surface area contributed by atoms with Crippen LogP contribution in [-0.4, -0.2) is 72.4 Å². The molecule has 0 spiro atoms. The zero-order chi connectivity index (χ0) is 20.7. The first kappa shape index (κ1) is 26.2. The standard InChI is InChI=1S/C17H37NO8Si/c1-8-18(17(19)26-25-16(6)24-15(5)20-7)13-12-14-27(21-9-2,22-10-3)23-11-4/h15-16H,8-14H2,1-7H3. The average Bonchev–Trinajstić information content (AvgIpc) is 2.64. The molecule has 0 aliphatic rings. The molecule has 0 aromatic rings. The number of hydrogen-bond acceptors (Lipinski definition) is 8. The molecule has 0 aromatic carbocycles. The topological polar surface area (TPSA) is 84.9 Å². The van der Waals surface area contributed by atoms with Gasteiger partial charge in [-0.05, 0) is 48.0 Å². The van der Waals surface area contributed by atoms with Crippen molar-refractivity contribution in [1.29, 1.82) is 0 Å². The van der Waals surface area contributed by atoms with Crippen LogP contribution >= 0.6 is 0 Å². The van der Waals surface area contributed by atoms with Crippen molar-refractivity contribution in [1.82, 2.24) is 4.90 Å². The summed E-state index contributed by atoms with van der Waals surface area (Å²) in [5, 5.41) is 0. The zero-order valence-electron chi connectivity index (χ0n) is 17.8. The number of rotatable bonds is 16. The molecule has 0 N–H and O–H groups in total. The fourth-order valence-corrected chi connectivity index (χ4v) is 4.97. The van der Waals surface area contributed by atoms with Crippen LogP contribution in [0.2, 0.25) is 6.04 Å². The van der Waals surface area contributed by atoms with Crippen LogP contribution in [0.15, 0.2) is 0 Å². The monoisotopic (exact) mass is 411 g/mol. The van der Waals surface area contributed by atoms with E-state index >= 15 is 0 Å². The lowest BCUT2D eigenvalue weighted by atomic mass is 10.4. The highest BCUT2D eigenvalue weighted by Crippen LogP contribution is 2.18. The van der Waals surface area contributed by atoms with Gasteiger partial charge in [0.2, 0.25) is 6.29 Å². The molecule has 0 aliphatic carbocycles. The second-order valence-corrected chi connectivity index (χ2v) is 8.35. The van der Waals surface area contributed by atoms with E-state index in [-0.39, 0.29) is 0 Å². The number of hydrogen-bond donors (Lipinski definition) is 0. The van der Waals surface area contributed by atoms with Crippen LogP contribution in [0.4, 0.5) is 4.79 Å². The third kappa shape index (κ3) is 11.0. The molecule has 0 rings (SSSR count). The van der Waals surface area contributed by atoms with Gasteiger partial charge in [0.25, 0.3) is 0 Å². The van der Waals surface area contributed by atoms with Crippen molar-refractivity contribution in [3.8, 4) is 0 Å². The Morgan fingerprint density at radius 1 is 0.963 bits per heavy atom. The van der Waals surface area contributed by atoms with E-state index in [1.807, 2.05) is 27.7 Å². The van der Waals surface area contributed by atoms with Gasteiger partial charge < -0.3 is 27.7 Å². The van der Waals surface area contributed by atoms with E-state index < -0.39 is 27.5 Å². The van der Waals surface area contributed by atoms with Gasteiger partial charge in [0.05, 0.1) is 0 Å². The maximum Gasteiger partial charge on any atom is 0.500 e. The zero-order valence-corrected chi connectivity index (χ0v) is 18.8. The normalized spacial score (nSPS) is 14.0. The number of carbonyl (C=O) groups is 1. The Bertz CT molecular complexity index is 371. The van der Waals surface area contributed by atoms with Crippen LogP contribution in [0.5, 0.6) is 0 Å². The Morgan fingerprint density at radius 3 is 1.96 bits per heavy atom. The van der Waals surface area contributed by atoms with E-state index in [0.29, 0.717) is 45.4 Å². The summed E-state index contributed by atoms with van der Waals surface area (Å²) in [5.41, 5.74) is 0. The predicted octanol–water partition coefficient (Wildman–Crippen LogP) is 3.17.